The molecule has 0 aliphatic carbocycles. The van der Waals surface area contributed by atoms with Crippen molar-refractivity contribution in [2.75, 3.05) is 46.3 Å². The van der Waals surface area contributed by atoms with Crippen LogP contribution < -0.4 is 10.6 Å². The number of nitrogens with one attached hydrogen (secondary N) is 2. The quantitative estimate of drug-likeness (QED) is 0.520. The van der Waals surface area contributed by atoms with Gasteiger partial charge in [0.25, 0.3) is 0 Å². The molecule has 1 aromatic carbocycles. The predicted molar refractivity (Wildman–Crippen MR) is 115 cm³/mol. The lowest BCUT2D eigenvalue weighted by molar-refractivity contribution is -0.143. The van der Waals surface area contributed by atoms with Gasteiger partial charge in [0.1, 0.15) is 0 Å². The minimum atomic E-state index is -4.14. The standard InChI is InChI=1S/C21H31ClF3N5/c1-26-20(28-18-8-11-30(14-18)15-21(23,24)25)27-12-16-6-9-29(10-7-16)13-17-4-2-3-5-19(17)22/h2-5,16,18H,6-15H2,1H3,(H2,26,27,28). The summed E-state index contributed by atoms with van der Waals surface area (Å²) >= 11 is 6.27. The van der Waals surface area contributed by atoms with Gasteiger partial charge in [0.2, 0.25) is 0 Å². The van der Waals surface area contributed by atoms with E-state index >= 15 is 0 Å². The lowest BCUT2D eigenvalue weighted by Gasteiger charge is -2.32. The van der Waals surface area contributed by atoms with Crippen LogP contribution in [0.3, 0.4) is 0 Å². The molecule has 30 heavy (non-hydrogen) atoms. The summed E-state index contributed by atoms with van der Waals surface area (Å²) in [7, 11) is 1.70. The summed E-state index contributed by atoms with van der Waals surface area (Å²) < 4.78 is 37.7. The van der Waals surface area contributed by atoms with Gasteiger partial charge in [0.05, 0.1) is 6.54 Å². The van der Waals surface area contributed by atoms with Crippen LogP contribution in [0.2, 0.25) is 5.02 Å². The van der Waals surface area contributed by atoms with E-state index in [1.807, 2.05) is 18.2 Å². The van der Waals surface area contributed by atoms with Crippen molar-refractivity contribution in [2.24, 2.45) is 10.9 Å². The fraction of sp³-hybridized carbons (Fsp3) is 0.667. The number of piperidine rings is 1. The maximum atomic E-state index is 12.6. The number of hydrogen-bond acceptors (Lipinski definition) is 3. The molecule has 2 heterocycles. The minimum absolute atomic E-state index is 0.00369. The molecular formula is C21H31ClF3N5. The molecule has 1 unspecified atom stereocenters. The van der Waals surface area contributed by atoms with Crippen LogP contribution in [0.5, 0.6) is 0 Å². The van der Waals surface area contributed by atoms with Gasteiger partial charge in [-0.15, -0.1) is 0 Å². The second-order valence-electron chi connectivity index (χ2n) is 8.24. The third-order valence-corrected chi connectivity index (χ3v) is 6.23. The molecule has 0 bridgehead atoms. The van der Waals surface area contributed by atoms with Crippen molar-refractivity contribution in [3.8, 4) is 0 Å². The van der Waals surface area contributed by atoms with Gasteiger partial charge in [-0.3, -0.25) is 14.8 Å². The Morgan fingerprint density at radius 3 is 2.50 bits per heavy atom. The molecule has 2 saturated heterocycles. The van der Waals surface area contributed by atoms with Crippen LogP contribution >= 0.6 is 11.6 Å². The van der Waals surface area contributed by atoms with Gasteiger partial charge in [-0.25, -0.2) is 0 Å². The molecule has 3 rings (SSSR count). The van der Waals surface area contributed by atoms with Gasteiger partial charge in [-0.2, -0.15) is 13.2 Å². The molecule has 5 nitrogen and oxygen atoms in total. The Hall–Kier alpha value is -1.51. The first kappa shape index (κ1) is 23.2. The second kappa shape index (κ2) is 10.7. The van der Waals surface area contributed by atoms with Crippen LogP contribution in [0.4, 0.5) is 13.2 Å². The Morgan fingerprint density at radius 1 is 1.13 bits per heavy atom. The average molecular weight is 446 g/mol. The lowest BCUT2D eigenvalue weighted by atomic mass is 9.96. The number of nitrogens with zero attached hydrogens (tertiary/aromatic N) is 3. The molecule has 0 aromatic heterocycles. The van der Waals surface area contributed by atoms with Crippen molar-refractivity contribution >= 4 is 17.6 Å². The lowest BCUT2D eigenvalue weighted by Crippen LogP contribution is -2.47. The number of alkyl halides is 3. The van der Waals surface area contributed by atoms with E-state index in [1.54, 1.807) is 7.05 Å². The second-order valence-corrected chi connectivity index (χ2v) is 8.65. The predicted octanol–water partition coefficient (Wildman–Crippen LogP) is 3.35. The van der Waals surface area contributed by atoms with E-state index in [2.05, 4.69) is 26.6 Å². The summed E-state index contributed by atoms with van der Waals surface area (Å²) in [4.78, 5) is 8.12. The molecule has 0 saturated carbocycles. The van der Waals surface area contributed by atoms with E-state index in [4.69, 9.17) is 11.6 Å². The highest BCUT2D eigenvalue weighted by molar-refractivity contribution is 6.31. The largest absolute Gasteiger partial charge is 0.401 e. The summed E-state index contributed by atoms with van der Waals surface area (Å²) in [6.07, 6.45) is -1.26. The fourth-order valence-electron chi connectivity index (χ4n) is 4.19. The summed E-state index contributed by atoms with van der Waals surface area (Å²) in [6, 6.07) is 7.97. The van der Waals surface area contributed by atoms with Crippen LogP contribution in [0.1, 0.15) is 24.8 Å². The molecule has 168 valence electrons. The van der Waals surface area contributed by atoms with Crippen LogP contribution in [0, 0.1) is 5.92 Å². The Bertz CT molecular complexity index is 704. The minimum Gasteiger partial charge on any atom is -0.356 e. The van der Waals surface area contributed by atoms with E-state index < -0.39 is 12.7 Å². The number of hydrogen-bond donors (Lipinski definition) is 2. The average Bonchev–Trinajstić information content (AvgIpc) is 3.13. The monoisotopic (exact) mass is 445 g/mol. The Morgan fingerprint density at radius 2 is 1.83 bits per heavy atom. The molecule has 0 spiro atoms. The zero-order chi connectivity index (χ0) is 21.6. The number of aliphatic imine (C=N–C) groups is 1. The topological polar surface area (TPSA) is 42.9 Å². The Balaban J connectivity index is 1.36. The van der Waals surface area contributed by atoms with Gasteiger partial charge in [0.15, 0.2) is 5.96 Å². The first-order valence-electron chi connectivity index (χ1n) is 10.5. The first-order valence-corrected chi connectivity index (χ1v) is 10.9. The highest BCUT2D eigenvalue weighted by Gasteiger charge is 2.34. The van der Waals surface area contributed by atoms with E-state index in [-0.39, 0.29) is 6.04 Å². The van der Waals surface area contributed by atoms with Crippen molar-refractivity contribution in [2.45, 2.75) is 38.0 Å². The molecule has 2 N–H and O–H groups in total. The third-order valence-electron chi connectivity index (χ3n) is 5.86. The van der Waals surface area contributed by atoms with Crippen LogP contribution in [-0.2, 0) is 6.54 Å². The van der Waals surface area contributed by atoms with E-state index in [0.29, 0.717) is 31.4 Å². The Kier molecular flexibility index (Phi) is 8.25. The van der Waals surface area contributed by atoms with Crippen molar-refractivity contribution in [3.05, 3.63) is 34.9 Å². The van der Waals surface area contributed by atoms with Gasteiger partial charge in [-0.1, -0.05) is 29.8 Å². The van der Waals surface area contributed by atoms with Gasteiger partial charge in [-0.05, 0) is 49.9 Å². The normalized spacial score (nSPS) is 22.4. The Labute approximate surface area is 181 Å². The SMILES string of the molecule is CN=C(NCC1CCN(Cc2ccccc2Cl)CC1)NC1CCN(CC(F)(F)F)C1. The summed E-state index contributed by atoms with van der Waals surface area (Å²) in [5, 5.41) is 7.45. The molecule has 1 atom stereocenters. The zero-order valence-corrected chi connectivity index (χ0v) is 18.1. The highest BCUT2D eigenvalue weighted by Crippen LogP contribution is 2.22. The zero-order valence-electron chi connectivity index (χ0n) is 17.4. The molecule has 2 fully saturated rings. The van der Waals surface area contributed by atoms with Crippen molar-refractivity contribution in [1.29, 1.82) is 0 Å². The van der Waals surface area contributed by atoms with Crippen LogP contribution in [0.15, 0.2) is 29.3 Å². The number of halogens is 4. The van der Waals surface area contributed by atoms with Crippen molar-refractivity contribution < 1.29 is 13.2 Å². The summed E-state index contributed by atoms with van der Waals surface area (Å²) in [6.45, 7) is 3.75. The number of benzene rings is 1. The molecule has 0 radical (unpaired) electrons. The maximum absolute atomic E-state index is 12.6. The fourth-order valence-corrected chi connectivity index (χ4v) is 4.39. The number of guanidine groups is 1. The molecular weight excluding hydrogens is 415 g/mol. The van der Waals surface area contributed by atoms with Gasteiger partial charge in [0, 0.05) is 44.3 Å². The number of rotatable bonds is 6. The van der Waals surface area contributed by atoms with Crippen LogP contribution in [-0.4, -0.2) is 74.3 Å². The third kappa shape index (κ3) is 7.32. The molecule has 2 aliphatic rings. The first-order chi connectivity index (χ1) is 14.3. The highest BCUT2D eigenvalue weighted by atomic mass is 35.5. The van der Waals surface area contributed by atoms with Crippen molar-refractivity contribution in [1.82, 2.24) is 20.4 Å². The van der Waals surface area contributed by atoms with E-state index in [9.17, 15) is 13.2 Å². The number of likely N-dealkylation sites (tertiary alicyclic amines) is 2. The van der Waals surface area contributed by atoms with E-state index in [0.717, 1.165) is 49.6 Å². The molecule has 0 amide bonds. The molecule has 2 aliphatic heterocycles. The molecule has 9 heteroatoms. The maximum Gasteiger partial charge on any atom is 0.401 e. The van der Waals surface area contributed by atoms with Crippen molar-refractivity contribution in [3.63, 3.8) is 0 Å². The van der Waals surface area contributed by atoms with Gasteiger partial charge >= 0.3 is 6.18 Å². The molecule has 1 aromatic rings. The van der Waals surface area contributed by atoms with Gasteiger partial charge < -0.3 is 10.6 Å². The smallest absolute Gasteiger partial charge is 0.356 e. The van der Waals surface area contributed by atoms with Crippen LogP contribution in [0.25, 0.3) is 0 Å². The summed E-state index contributed by atoms with van der Waals surface area (Å²) in [5.74, 6) is 1.23. The summed E-state index contributed by atoms with van der Waals surface area (Å²) in [5.41, 5.74) is 1.16. The van der Waals surface area contributed by atoms with E-state index in [1.165, 1.54) is 4.90 Å².